The summed E-state index contributed by atoms with van der Waals surface area (Å²) >= 11 is 0. The van der Waals surface area contributed by atoms with Gasteiger partial charge in [0.15, 0.2) is 5.78 Å². The zero-order valence-electron chi connectivity index (χ0n) is 23.5. The lowest BCUT2D eigenvalue weighted by Gasteiger charge is -2.42. The number of benzene rings is 2. The van der Waals surface area contributed by atoms with E-state index in [-0.39, 0.29) is 30.0 Å². The molecule has 1 heterocycles. The Morgan fingerprint density at radius 2 is 1.74 bits per heavy atom. The first kappa shape index (κ1) is 29.0. The average molecular weight is 534 g/mol. The molecule has 4 N–H and O–H groups in total. The summed E-state index contributed by atoms with van der Waals surface area (Å²) in [6.45, 7) is 6.99. The van der Waals surface area contributed by atoms with Crippen molar-refractivity contribution in [2.45, 2.75) is 82.2 Å². The van der Waals surface area contributed by atoms with Crippen molar-refractivity contribution in [1.82, 2.24) is 10.6 Å². The van der Waals surface area contributed by atoms with Gasteiger partial charge in [-0.1, -0.05) is 54.6 Å². The van der Waals surface area contributed by atoms with E-state index in [1.165, 1.54) is 5.56 Å². The Hall–Kier alpha value is -3.03. The summed E-state index contributed by atoms with van der Waals surface area (Å²) in [5.74, 6) is -1.39. The molecule has 2 aliphatic rings. The molecule has 0 aromatic heterocycles. The van der Waals surface area contributed by atoms with E-state index in [0.717, 1.165) is 49.9 Å². The summed E-state index contributed by atoms with van der Waals surface area (Å²) in [7, 11) is 0. The first-order valence-electron chi connectivity index (χ1n) is 14.3. The van der Waals surface area contributed by atoms with Crippen LogP contribution in [-0.2, 0) is 31.0 Å². The predicted octanol–water partition coefficient (Wildman–Crippen LogP) is 3.79. The van der Waals surface area contributed by atoms with E-state index in [2.05, 4.69) is 34.9 Å². The van der Waals surface area contributed by atoms with Gasteiger partial charge in [0.2, 0.25) is 5.91 Å². The third kappa shape index (κ3) is 6.42. The number of amides is 1. The maximum absolute atomic E-state index is 14.7. The topological polar surface area (TPSA) is 111 Å². The van der Waals surface area contributed by atoms with Crippen molar-refractivity contribution in [2.75, 3.05) is 19.7 Å². The number of esters is 1. The van der Waals surface area contributed by atoms with Crippen LogP contribution in [0.3, 0.4) is 0 Å². The quantitative estimate of drug-likeness (QED) is 0.379. The highest BCUT2D eigenvalue weighted by atomic mass is 16.5. The van der Waals surface area contributed by atoms with E-state index in [1.807, 2.05) is 30.3 Å². The molecular formula is C32H43N3O4. The summed E-state index contributed by atoms with van der Waals surface area (Å²) in [4.78, 5) is 40.6. The van der Waals surface area contributed by atoms with Crippen LogP contribution in [0.2, 0.25) is 0 Å². The van der Waals surface area contributed by atoms with Gasteiger partial charge in [0.1, 0.15) is 0 Å². The number of carbonyl (C=O) groups is 3. The second-order valence-corrected chi connectivity index (χ2v) is 11.6. The highest BCUT2D eigenvalue weighted by molar-refractivity contribution is 5.95. The molecule has 1 fully saturated rings. The number of nitrogens with two attached hydrogens (primary N) is 1. The number of hydrogen-bond acceptors (Lipinski definition) is 6. The summed E-state index contributed by atoms with van der Waals surface area (Å²) in [5, 5.41) is 6.47. The Bertz CT molecular complexity index is 1150. The molecule has 4 rings (SSSR count). The minimum absolute atomic E-state index is 0.00643. The van der Waals surface area contributed by atoms with Gasteiger partial charge in [0.25, 0.3) is 0 Å². The number of aryl methyl sites for hydroxylation is 1. The van der Waals surface area contributed by atoms with E-state index in [4.69, 9.17) is 10.5 Å². The highest BCUT2D eigenvalue weighted by Crippen LogP contribution is 2.57. The van der Waals surface area contributed by atoms with E-state index >= 15 is 0 Å². The number of carbonyl (C=O) groups excluding carboxylic acids is 3. The number of hydrogen-bond donors (Lipinski definition) is 3. The van der Waals surface area contributed by atoms with Crippen molar-refractivity contribution < 1.29 is 19.1 Å². The van der Waals surface area contributed by atoms with Crippen molar-refractivity contribution in [3.63, 3.8) is 0 Å². The molecular weight excluding hydrogens is 490 g/mol. The lowest BCUT2D eigenvalue weighted by atomic mass is 9.64. The molecule has 1 aliphatic heterocycles. The van der Waals surface area contributed by atoms with E-state index in [9.17, 15) is 14.4 Å². The van der Waals surface area contributed by atoms with Crippen molar-refractivity contribution in [3.8, 4) is 0 Å². The third-order valence-corrected chi connectivity index (χ3v) is 8.42. The first-order chi connectivity index (χ1) is 18.7. The molecule has 7 heteroatoms. The van der Waals surface area contributed by atoms with Gasteiger partial charge in [-0.25, -0.2) is 0 Å². The van der Waals surface area contributed by atoms with Gasteiger partial charge in [-0.15, -0.1) is 0 Å². The molecule has 7 nitrogen and oxygen atoms in total. The number of piperidine rings is 1. The fourth-order valence-electron chi connectivity index (χ4n) is 6.56. The number of ketones is 1. The summed E-state index contributed by atoms with van der Waals surface area (Å²) < 4.78 is 5.36. The summed E-state index contributed by atoms with van der Waals surface area (Å²) in [5.41, 5.74) is 8.04. The van der Waals surface area contributed by atoms with Gasteiger partial charge in [-0.3, -0.25) is 14.4 Å². The Kier molecular flexibility index (Phi) is 9.23. The monoisotopic (exact) mass is 533 g/mol. The Morgan fingerprint density at radius 1 is 1.08 bits per heavy atom. The molecule has 2 aromatic rings. The standard InChI is InChI=1S/C32H43N3O4/c1-4-39-27(36)21-24-23-14-8-9-15-25(23)32(17-19-34-20-18-32)28(24)29(37)26(35-30(38)31(2,3)33)16-10-13-22-11-6-5-7-12-22/h5-9,11-12,14-15,24,26,28,34H,4,10,13,16-21,33H2,1-3H3,(H,35,38)/t24-,26-,28?/m1/s1. The number of rotatable bonds is 11. The van der Waals surface area contributed by atoms with Gasteiger partial charge in [-0.2, -0.15) is 0 Å². The fraction of sp³-hybridized carbons (Fsp3) is 0.531. The van der Waals surface area contributed by atoms with Crippen molar-refractivity contribution >= 4 is 17.7 Å². The number of nitrogens with one attached hydrogen (secondary N) is 2. The fourth-order valence-corrected chi connectivity index (χ4v) is 6.56. The molecule has 1 spiro atoms. The van der Waals surface area contributed by atoms with E-state index in [0.29, 0.717) is 13.0 Å². The van der Waals surface area contributed by atoms with Crippen molar-refractivity contribution in [1.29, 1.82) is 0 Å². The molecule has 3 atom stereocenters. The Morgan fingerprint density at radius 3 is 2.41 bits per heavy atom. The lowest BCUT2D eigenvalue weighted by molar-refractivity contribution is -0.144. The zero-order valence-corrected chi connectivity index (χ0v) is 23.5. The molecule has 210 valence electrons. The Labute approximate surface area is 232 Å². The van der Waals surface area contributed by atoms with Crippen LogP contribution in [0.5, 0.6) is 0 Å². The van der Waals surface area contributed by atoms with E-state index < -0.39 is 22.9 Å². The zero-order chi connectivity index (χ0) is 28.0. The van der Waals surface area contributed by atoms with Gasteiger partial charge in [-0.05, 0) is 82.7 Å². The normalized spacial score (nSPS) is 20.7. The van der Waals surface area contributed by atoms with Crippen LogP contribution in [0.25, 0.3) is 0 Å². The second-order valence-electron chi connectivity index (χ2n) is 11.6. The average Bonchev–Trinajstić information content (AvgIpc) is 3.16. The van der Waals surface area contributed by atoms with Gasteiger partial charge in [0, 0.05) is 17.3 Å². The number of Topliss-reactive ketones (excluding diaryl/α,β-unsaturated/α-hetero) is 1. The highest BCUT2D eigenvalue weighted by Gasteiger charge is 2.56. The second kappa shape index (κ2) is 12.4. The smallest absolute Gasteiger partial charge is 0.306 e. The molecule has 1 saturated heterocycles. The van der Waals surface area contributed by atoms with Crippen LogP contribution in [-0.4, -0.2) is 48.9 Å². The van der Waals surface area contributed by atoms with Crippen molar-refractivity contribution in [2.24, 2.45) is 11.7 Å². The molecule has 39 heavy (non-hydrogen) atoms. The van der Waals surface area contributed by atoms with Gasteiger partial charge in [0.05, 0.1) is 24.6 Å². The summed E-state index contributed by atoms with van der Waals surface area (Å²) in [6.07, 6.45) is 3.78. The lowest BCUT2D eigenvalue weighted by Crippen LogP contribution is -2.57. The Balaban J connectivity index is 1.70. The minimum Gasteiger partial charge on any atom is -0.466 e. The number of fused-ring (bicyclic) bond motifs is 2. The summed E-state index contributed by atoms with van der Waals surface area (Å²) in [6, 6.07) is 17.6. The third-order valence-electron chi connectivity index (χ3n) is 8.42. The molecule has 0 saturated carbocycles. The maximum atomic E-state index is 14.7. The minimum atomic E-state index is -1.12. The largest absolute Gasteiger partial charge is 0.466 e. The van der Waals surface area contributed by atoms with Crippen LogP contribution < -0.4 is 16.4 Å². The van der Waals surface area contributed by atoms with Crippen LogP contribution >= 0.6 is 0 Å². The predicted molar refractivity (Wildman–Crippen MR) is 152 cm³/mol. The van der Waals surface area contributed by atoms with Crippen LogP contribution in [0.1, 0.15) is 75.5 Å². The van der Waals surface area contributed by atoms with Gasteiger partial charge < -0.3 is 21.1 Å². The molecule has 1 unspecified atom stereocenters. The first-order valence-corrected chi connectivity index (χ1v) is 14.3. The van der Waals surface area contributed by atoms with Gasteiger partial charge >= 0.3 is 5.97 Å². The molecule has 2 aromatic carbocycles. The molecule has 0 radical (unpaired) electrons. The van der Waals surface area contributed by atoms with Crippen LogP contribution in [0, 0.1) is 5.92 Å². The van der Waals surface area contributed by atoms with Crippen LogP contribution in [0.4, 0.5) is 0 Å². The molecule has 0 bridgehead atoms. The van der Waals surface area contributed by atoms with Crippen LogP contribution in [0.15, 0.2) is 54.6 Å². The maximum Gasteiger partial charge on any atom is 0.306 e. The SMILES string of the molecule is CCOC(=O)C[C@@H]1c2ccccc2C2(CCNCC2)C1C(=O)[C@@H](CCCc1ccccc1)NC(=O)C(C)(C)N. The molecule has 1 amide bonds. The van der Waals surface area contributed by atoms with Crippen molar-refractivity contribution in [3.05, 3.63) is 71.3 Å². The molecule has 1 aliphatic carbocycles. The van der Waals surface area contributed by atoms with E-state index in [1.54, 1.807) is 20.8 Å². The number of ether oxygens (including phenoxy) is 1.